The Balaban J connectivity index is 1.28. The second-order valence-corrected chi connectivity index (χ2v) is 10.1. The average Bonchev–Trinajstić information content (AvgIpc) is 3.48. The van der Waals surface area contributed by atoms with E-state index in [-0.39, 0.29) is 18.4 Å². The minimum absolute atomic E-state index is 0.00461. The van der Waals surface area contributed by atoms with Crippen LogP contribution >= 0.6 is 23.4 Å². The summed E-state index contributed by atoms with van der Waals surface area (Å²) in [6.07, 6.45) is 2.79. The van der Waals surface area contributed by atoms with Crippen LogP contribution in [0, 0.1) is 5.92 Å². The molecule has 0 saturated heterocycles. The smallest absolute Gasteiger partial charge is 0.276 e. The van der Waals surface area contributed by atoms with Gasteiger partial charge in [0.05, 0.1) is 11.6 Å². The molecule has 0 spiro atoms. The number of amides is 1. The Morgan fingerprint density at radius 2 is 1.80 bits per heavy atom. The molecular formula is C25H27ClN6O2S. The van der Waals surface area contributed by atoms with Crippen LogP contribution in [-0.2, 0) is 23.5 Å². The normalized spacial score (nSPS) is 12.1. The van der Waals surface area contributed by atoms with Crippen molar-refractivity contribution in [3.8, 4) is 0 Å². The summed E-state index contributed by atoms with van der Waals surface area (Å²) in [6, 6.07) is 15.5. The molecule has 10 heteroatoms. The SMILES string of the molecule is CC(C)Cc1ccc(C(C)c2nnc(SCc3cn(CC(=O)Nc4ccc(Cl)cc4)nn3)o2)cc1. The molecule has 0 saturated carbocycles. The molecule has 2 aromatic heterocycles. The fraction of sp³-hybridized carbons (Fsp3) is 0.320. The lowest BCUT2D eigenvalue weighted by atomic mass is 9.97. The van der Waals surface area contributed by atoms with E-state index in [1.165, 1.54) is 22.0 Å². The monoisotopic (exact) mass is 510 g/mol. The highest BCUT2D eigenvalue weighted by Crippen LogP contribution is 2.27. The van der Waals surface area contributed by atoms with Crippen molar-refractivity contribution in [2.75, 3.05) is 5.32 Å². The summed E-state index contributed by atoms with van der Waals surface area (Å²) in [6.45, 7) is 6.54. The zero-order valence-corrected chi connectivity index (χ0v) is 21.4. The number of thioether (sulfide) groups is 1. The molecule has 0 aliphatic carbocycles. The van der Waals surface area contributed by atoms with Crippen molar-refractivity contribution in [2.24, 2.45) is 5.92 Å². The van der Waals surface area contributed by atoms with E-state index in [0.29, 0.717) is 39.2 Å². The van der Waals surface area contributed by atoms with Gasteiger partial charge in [0, 0.05) is 22.7 Å². The topological polar surface area (TPSA) is 98.7 Å². The van der Waals surface area contributed by atoms with Gasteiger partial charge in [-0.25, -0.2) is 4.68 Å². The number of anilines is 1. The summed E-state index contributed by atoms with van der Waals surface area (Å²) < 4.78 is 7.37. The summed E-state index contributed by atoms with van der Waals surface area (Å²) in [5.74, 6) is 1.50. The van der Waals surface area contributed by atoms with Crippen LogP contribution in [-0.4, -0.2) is 31.1 Å². The Morgan fingerprint density at radius 1 is 1.06 bits per heavy atom. The third-order valence-electron chi connectivity index (χ3n) is 5.28. The van der Waals surface area contributed by atoms with Crippen molar-refractivity contribution in [3.63, 3.8) is 0 Å². The number of hydrogen-bond acceptors (Lipinski definition) is 7. The van der Waals surface area contributed by atoms with Crippen LogP contribution in [0.2, 0.25) is 5.02 Å². The molecule has 4 rings (SSSR count). The maximum atomic E-state index is 12.2. The minimum atomic E-state index is -0.204. The van der Waals surface area contributed by atoms with Crippen LogP contribution in [0.3, 0.4) is 0 Å². The molecule has 1 amide bonds. The fourth-order valence-electron chi connectivity index (χ4n) is 3.51. The first-order valence-corrected chi connectivity index (χ1v) is 12.7. The van der Waals surface area contributed by atoms with Crippen LogP contribution in [0.4, 0.5) is 5.69 Å². The summed E-state index contributed by atoms with van der Waals surface area (Å²) in [4.78, 5) is 12.2. The zero-order valence-electron chi connectivity index (χ0n) is 19.8. The number of rotatable bonds is 10. The van der Waals surface area contributed by atoms with E-state index in [0.717, 1.165) is 12.0 Å². The van der Waals surface area contributed by atoms with Gasteiger partial charge in [0.2, 0.25) is 11.8 Å². The van der Waals surface area contributed by atoms with Gasteiger partial charge in [-0.1, -0.05) is 66.7 Å². The van der Waals surface area contributed by atoms with Gasteiger partial charge < -0.3 is 9.73 Å². The summed E-state index contributed by atoms with van der Waals surface area (Å²) in [5.41, 5.74) is 3.84. The van der Waals surface area contributed by atoms with Gasteiger partial charge in [0.1, 0.15) is 6.54 Å². The van der Waals surface area contributed by atoms with E-state index in [9.17, 15) is 4.79 Å². The van der Waals surface area contributed by atoms with Crippen LogP contribution < -0.4 is 5.32 Å². The molecule has 2 heterocycles. The van der Waals surface area contributed by atoms with Gasteiger partial charge in [-0.3, -0.25) is 4.79 Å². The lowest BCUT2D eigenvalue weighted by Gasteiger charge is -2.09. The first kappa shape index (κ1) is 24.9. The predicted octanol–water partition coefficient (Wildman–Crippen LogP) is 5.60. The molecule has 8 nitrogen and oxygen atoms in total. The highest BCUT2D eigenvalue weighted by atomic mass is 35.5. The number of benzene rings is 2. The lowest BCUT2D eigenvalue weighted by molar-refractivity contribution is -0.116. The zero-order chi connectivity index (χ0) is 24.8. The number of nitrogens with zero attached hydrogens (tertiary/aromatic N) is 5. The van der Waals surface area contributed by atoms with Crippen LogP contribution in [0.25, 0.3) is 0 Å². The highest BCUT2D eigenvalue weighted by molar-refractivity contribution is 7.98. The maximum Gasteiger partial charge on any atom is 0.276 e. The van der Waals surface area contributed by atoms with E-state index < -0.39 is 0 Å². The molecule has 0 aliphatic heterocycles. The summed E-state index contributed by atoms with van der Waals surface area (Å²) in [5, 5.41) is 20.4. The lowest BCUT2D eigenvalue weighted by Crippen LogP contribution is -2.19. The van der Waals surface area contributed by atoms with Crippen molar-refractivity contribution in [1.82, 2.24) is 25.2 Å². The van der Waals surface area contributed by atoms with Crippen molar-refractivity contribution in [3.05, 3.63) is 82.5 Å². The Kier molecular flexibility index (Phi) is 8.20. The predicted molar refractivity (Wildman–Crippen MR) is 136 cm³/mol. The number of carbonyl (C=O) groups excluding carboxylic acids is 1. The van der Waals surface area contributed by atoms with E-state index in [2.05, 4.69) is 70.9 Å². The quantitative estimate of drug-likeness (QED) is 0.277. The van der Waals surface area contributed by atoms with Gasteiger partial charge in [-0.2, -0.15) is 0 Å². The molecule has 1 N–H and O–H groups in total. The highest BCUT2D eigenvalue weighted by Gasteiger charge is 2.17. The fourth-order valence-corrected chi connectivity index (χ4v) is 4.28. The average molecular weight is 511 g/mol. The standard InChI is InChI=1S/C25H27ClN6O2S/c1-16(2)12-18-4-6-19(7-5-18)17(3)24-29-30-25(34-24)35-15-22-13-32(31-28-22)14-23(33)27-21-10-8-20(26)9-11-21/h4-11,13,16-17H,12,14-15H2,1-3H3,(H,27,33). The van der Waals surface area contributed by atoms with Gasteiger partial charge in [-0.15, -0.1) is 15.3 Å². The van der Waals surface area contributed by atoms with Crippen LogP contribution in [0.15, 0.2) is 64.4 Å². The summed E-state index contributed by atoms with van der Waals surface area (Å²) in [7, 11) is 0. The third kappa shape index (κ3) is 7.16. The molecule has 4 aromatic rings. The number of hydrogen-bond donors (Lipinski definition) is 1. The Bertz CT molecular complexity index is 1250. The second-order valence-electron chi connectivity index (χ2n) is 8.72. The van der Waals surface area contributed by atoms with E-state index in [4.69, 9.17) is 16.0 Å². The molecule has 35 heavy (non-hydrogen) atoms. The minimum Gasteiger partial charge on any atom is -0.415 e. The summed E-state index contributed by atoms with van der Waals surface area (Å²) >= 11 is 7.25. The molecule has 0 radical (unpaired) electrons. The van der Waals surface area contributed by atoms with Crippen molar-refractivity contribution < 1.29 is 9.21 Å². The molecule has 0 fully saturated rings. The molecule has 2 aromatic carbocycles. The van der Waals surface area contributed by atoms with E-state index in [1.807, 2.05) is 0 Å². The number of nitrogens with one attached hydrogen (secondary N) is 1. The number of halogens is 1. The molecule has 182 valence electrons. The van der Waals surface area contributed by atoms with Gasteiger partial charge in [0.15, 0.2) is 0 Å². The van der Waals surface area contributed by atoms with Crippen LogP contribution in [0.5, 0.6) is 0 Å². The first-order chi connectivity index (χ1) is 16.9. The van der Waals surface area contributed by atoms with Crippen molar-refractivity contribution in [2.45, 2.75) is 50.6 Å². The van der Waals surface area contributed by atoms with Gasteiger partial charge in [-0.05, 0) is 54.7 Å². The van der Waals surface area contributed by atoms with E-state index >= 15 is 0 Å². The molecular weight excluding hydrogens is 484 g/mol. The Morgan fingerprint density at radius 3 is 2.51 bits per heavy atom. The van der Waals surface area contributed by atoms with Gasteiger partial charge in [0.25, 0.3) is 5.22 Å². The van der Waals surface area contributed by atoms with Crippen molar-refractivity contribution in [1.29, 1.82) is 0 Å². The van der Waals surface area contributed by atoms with Crippen LogP contribution in [0.1, 0.15) is 49.4 Å². The Labute approximate surface area is 213 Å². The maximum absolute atomic E-state index is 12.2. The number of carbonyl (C=O) groups is 1. The van der Waals surface area contributed by atoms with Gasteiger partial charge >= 0.3 is 0 Å². The molecule has 0 bridgehead atoms. The molecule has 1 unspecified atom stereocenters. The molecule has 1 atom stereocenters. The van der Waals surface area contributed by atoms with Crippen molar-refractivity contribution >= 4 is 35.0 Å². The first-order valence-electron chi connectivity index (χ1n) is 11.3. The third-order valence-corrected chi connectivity index (χ3v) is 6.38. The Hall–Kier alpha value is -3.17. The largest absolute Gasteiger partial charge is 0.415 e. The number of aromatic nitrogens is 5. The van der Waals surface area contributed by atoms with E-state index in [1.54, 1.807) is 30.5 Å². The molecule has 0 aliphatic rings. The second kappa shape index (κ2) is 11.5.